The predicted octanol–water partition coefficient (Wildman–Crippen LogP) is 4.83. The fourth-order valence-electron chi connectivity index (χ4n) is 3.90. The van der Waals surface area contributed by atoms with E-state index in [0.29, 0.717) is 54.3 Å². The third kappa shape index (κ3) is 6.16. The van der Waals surface area contributed by atoms with Gasteiger partial charge in [0.15, 0.2) is 0 Å². The lowest BCUT2D eigenvalue weighted by Crippen LogP contribution is -2.33. The van der Waals surface area contributed by atoms with Gasteiger partial charge in [0.05, 0.1) is 12.7 Å². The van der Waals surface area contributed by atoms with Crippen molar-refractivity contribution in [1.29, 1.82) is 0 Å². The van der Waals surface area contributed by atoms with Gasteiger partial charge in [-0.3, -0.25) is 14.2 Å². The minimum Gasteiger partial charge on any atom is -0.436 e. The van der Waals surface area contributed by atoms with Gasteiger partial charge in [0.25, 0.3) is 11.4 Å². The number of halogens is 1. The zero-order chi connectivity index (χ0) is 25.6. The highest BCUT2D eigenvalue weighted by Crippen LogP contribution is 2.24. The maximum absolute atomic E-state index is 13.5. The number of hydrogen-bond acceptors (Lipinski definition) is 8. The minimum atomic E-state index is -0.376. The number of anilines is 3. The molecule has 0 aliphatic carbocycles. The van der Waals surface area contributed by atoms with Crippen LogP contribution in [0, 0.1) is 5.92 Å². The standard InChI is InChI=1S/C26H24ClN5O5/c27-19-3-1-17(2-4-19)16-32-25(34)22(30-24(33)18-9-12-35-13-10-18)15-28-26(32)29-20-5-7-21(8-6-20)37-23-11-14-36-31-23/h1-8,11,14-15,18H,9-10,12-13,16H2,(H,28,29)(H,30,33). The van der Waals surface area contributed by atoms with Crippen LogP contribution in [0.2, 0.25) is 5.02 Å². The number of nitrogens with zero attached hydrogens (tertiary/aromatic N) is 3. The summed E-state index contributed by atoms with van der Waals surface area (Å²) in [5.74, 6) is 0.821. The number of carbonyl (C=O) groups excluding carboxylic acids is 1. The van der Waals surface area contributed by atoms with Crippen molar-refractivity contribution in [2.24, 2.45) is 5.92 Å². The molecule has 1 aliphatic heterocycles. The summed E-state index contributed by atoms with van der Waals surface area (Å²) in [6.45, 7) is 1.28. The summed E-state index contributed by atoms with van der Waals surface area (Å²) in [7, 11) is 0. The SMILES string of the molecule is O=C(Nc1cnc(Nc2ccc(Oc3ccon3)cc2)n(Cc2ccc(Cl)cc2)c1=O)C1CCOCC1. The molecule has 1 saturated heterocycles. The lowest BCUT2D eigenvalue weighted by atomic mass is 9.99. The van der Waals surface area contributed by atoms with Crippen molar-refractivity contribution in [3.8, 4) is 11.6 Å². The molecule has 1 amide bonds. The van der Waals surface area contributed by atoms with Gasteiger partial charge in [-0.15, -0.1) is 0 Å². The van der Waals surface area contributed by atoms with Crippen LogP contribution in [-0.2, 0) is 16.1 Å². The van der Waals surface area contributed by atoms with Crippen LogP contribution in [0.3, 0.4) is 0 Å². The molecule has 3 heterocycles. The number of carbonyl (C=O) groups is 1. The quantitative estimate of drug-likeness (QED) is 0.338. The lowest BCUT2D eigenvalue weighted by molar-refractivity contribution is -0.122. The molecule has 10 nitrogen and oxygen atoms in total. The molecule has 0 bridgehead atoms. The molecular weight excluding hydrogens is 498 g/mol. The molecular formula is C26H24ClN5O5. The van der Waals surface area contributed by atoms with E-state index in [2.05, 4.69) is 20.8 Å². The molecule has 190 valence electrons. The zero-order valence-corrected chi connectivity index (χ0v) is 20.5. The van der Waals surface area contributed by atoms with Crippen LogP contribution < -0.4 is 20.9 Å². The summed E-state index contributed by atoms with van der Waals surface area (Å²) >= 11 is 6.03. The smallest absolute Gasteiger partial charge is 0.279 e. The van der Waals surface area contributed by atoms with Crippen LogP contribution in [0.4, 0.5) is 17.3 Å². The first-order chi connectivity index (χ1) is 18.0. The number of amides is 1. The van der Waals surface area contributed by atoms with Crippen molar-refractivity contribution >= 4 is 34.8 Å². The Morgan fingerprint density at radius 2 is 1.84 bits per heavy atom. The van der Waals surface area contributed by atoms with Gasteiger partial charge in [-0.2, -0.15) is 0 Å². The van der Waals surface area contributed by atoms with Gasteiger partial charge in [0.1, 0.15) is 17.7 Å². The van der Waals surface area contributed by atoms with E-state index in [1.165, 1.54) is 17.0 Å². The molecule has 0 spiro atoms. The van der Waals surface area contributed by atoms with E-state index in [0.717, 1.165) is 5.56 Å². The van der Waals surface area contributed by atoms with Crippen molar-refractivity contribution in [3.63, 3.8) is 0 Å². The Balaban J connectivity index is 1.40. The van der Waals surface area contributed by atoms with E-state index >= 15 is 0 Å². The van der Waals surface area contributed by atoms with Crippen molar-refractivity contribution < 1.29 is 18.8 Å². The lowest BCUT2D eigenvalue weighted by Gasteiger charge is -2.21. The Kier molecular flexibility index (Phi) is 7.48. The number of rotatable bonds is 8. The molecule has 37 heavy (non-hydrogen) atoms. The van der Waals surface area contributed by atoms with Crippen LogP contribution in [0.15, 0.2) is 76.4 Å². The maximum Gasteiger partial charge on any atom is 0.279 e. The molecule has 2 aromatic heterocycles. The van der Waals surface area contributed by atoms with Gasteiger partial charge < -0.3 is 24.6 Å². The normalized spacial score (nSPS) is 13.8. The number of ether oxygens (including phenoxy) is 2. The molecule has 2 N–H and O–H groups in total. The molecule has 0 saturated carbocycles. The predicted molar refractivity (Wildman–Crippen MR) is 138 cm³/mol. The molecule has 0 radical (unpaired) electrons. The van der Waals surface area contributed by atoms with Crippen LogP contribution in [0.1, 0.15) is 18.4 Å². The minimum absolute atomic E-state index is 0.118. The monoisotopic (exact) mass is 521 g/mol. The Morgan fingerprint density at radius 1 is 1.08 bits per heavy atom. The highest BCUT2D eigenvalue weighted by Gasteiger charge is 2.23. The van der Waals surface area contributed by atoms with Crippen molar-refractivity contribution in [2.75, 3.05) is 23.8 Å². The summed E-state index contributed by atoms with van der Waals surface area (Å²) in [6, 6.07) is 15.9. The Bertz CT molecular complexity index is 1400. The van der Waals surface area contributed by atoms with Gasteiger partial charge in [-0.25, -0.2) is 4.98 Å². The fourth-order valence-corrected chi connectivity index (χ4v) is 4.03. The highest BCUT2D eigenvalue weighted by molar-refractivity contribution is 6.30. The number of hydrogen-bond donors (Lipinski definition) is 2. The summed E-state index contributed by atoms with van der Waals surface area (Å²) < 4.78 is 17.2. The van der Waals surface area contributed by atoms with Crippen LogP contribution in [-0.4, -0.2) is 33.8 Å². The molecule has 2 aromatic carbocycles. The highest BCUT2D eigenvalue weighted by atomic mass is 35.5. The van der Waals surface area contributed by atoms with Crippen LogP contribution >= 0.6 is 11.6 Å². The number of aromatic nitrogens is 3. The number of benzene rings is 2. The van der Waals surface area contributed by atoms with Crippen LogP contribution in [0.5, 0.6) is 11.6 Å². The third-order valence-corrected chi connectivity index (χ3v) is 6.15. The van der Waals surface area contributed by atoms with E-state index in [1.54, 1.807) is 42.5 Å². The Hall–Kier alpha value is -4.15. The van der Waals surface area contributed by atoms with E-state index in [1.807, 2.05) is 12.1 Å². The van der Waals surface area contributed by atoms with Crippen molar-refractivity contribution in [1.82, 2.24) is 14.7 Å². The first-order valence-electron chi connectivity index (χ1n) is 11.7. The van der Waals surface area contributed by atoms with E-state index in [4.69, 9.17) is 25.6 Å². The van der Waals surface area contributed by atoms with Crippen molar-refractivity contribution in [2.45, 2.75) is 19.4 Å². The zero-order valence-electron chi connectivity index (χ0n) is 19.7. The Labute approximate surface area is 217 Å². The first-order valence-corrected chi connectivity index (χ1v) is 12.1. The maximum atomic E-state index is 13.5. The third-order valence-electron chi connectivity index (χ3n) is 5.90. The second-order valence-corrected chi connectivity index (χ2v) is 8.91. The van der Waals surface area contributed by atoms with Gasteiger partial charge in [0.2, 0.25) is 11.9 Å². The van der Waals surface area contributed by atoms with E-state index in [-0.39, 0.29) is 29.6 Å². The summed E-state index contributed by atoms with van der Waals surface area (Å²) in [6.07, 6.45) is 4.04. The first kappa shape index (κ1) is 24.5. The van der Waals surface area contributed by atoms with Crippen molar-refractivity contribution in [3.05, 3.63) is 88.0 Å². The summed E-state index contributed by atoms with van der Waals surface area (Å²) in [5, 5.41) is 10.3. The topological polar surface area (TPSA) is 121 Å². The average Bonchev–Trinajstić information content (AvgIpc) is 3.43. The molecule has 1 aliphatic rings. The molecule has 5 rings (SSSR count). The van der Waals surface area contributed by atoms with Gasteiger partial charge in [0, 0.05) is 35.9 Å². The van der Waals surface area contributed by atoms with Gasteiger partial charge in [-0.05, 0) is 60.0 Å². The fraction of sp³-hybridized carbons (Fsp3) is 0.231. The van der Waals surface area contributed by atoms with Gasteiger partial charge in [-0.1, -0.05) is 23.7 Å². The summed E-state index contributed by atoms with van der Waals surface area (Å²) in [5.41, 5.74) is 1.27. The average molecular weight is 522 g/mol. The second kappa shape index (κ2) is 11.3. The Morgan fingerprint density at radius 3 is 2.54 bits per heavy atom. The van der Waals surface area contributed by atoms with Crippen LogP contribution in [0.25, 0.3) is 0 Å². The molecule has 11 heteroatoms. The molecule has 0 atom stereocenters. The molecule has 4 aromatic rings. The molecule has 1 fully saturated rings. The number of nitrogens with one attached hydrogen (secondary N) is 2. The van der Waals surface area contributed by atoms with Gasteiger partial charge >= 0.3 is 0 Å². The van der Waals surface area contributed by atoms with E-state index < -0.39 is 0 Å². The largest absolute Gasteiger partial charge is 0.436 e. The van der Waals surface area contributed by atoms with E-state index in [9.17, 15) is 9.59 Å². The summed E-state index contributed by atoms with van der Waals surface area (Å²) in [4.78, 5) is 30.7. The second-order valence-electron chi connectivity index (χ2n) is 8.48. The molecule has 0 unspecified atom stereocenters.